The maximum atomic E-state index is 4.16. The van der Waals surface area contributed by atoms with Gasteiger partial charge in [-0.05, 0) is 43.0 Å². The van der Waals surface area contributed by atoms with Gasteiger partial charge in [-0.15, -0.1) is 0 Å². The number of nitrogens with zero attached hydrogens (tertiary/aromatic N) is 2. The van der Waals surface area contributed by atoms with Crippen LogP contribution in [-0.4, -0.2) is 9.78 Å². The fourth-order valence-corrected chi connectivity index (χ4v) is 2.12. The largest absolute Gasteiger partial charge is 0.308 e. The Morgan fingerprint density at radius 2 is 1.78 bits per heavy atom. The van der Waals surface area contributed by atoms with Crippen molar-refractivity contribution < 1.29 is 0 Å². The molecule has 0 amide bonds. The van der Waals surface area contributed by atoms with Crippen LogP contribution in [0.1, 0.15) is 27.8 Å². The van der Waals surface area contributed by atoms with Gasteiger partial charge >= 0.3 is 0 Å². The molecule has 3 nitrogen and oxygen atoms in total. The van der Waals surface area contributed by atoms with Crippen molar-refractivity contribution >= 4 is 0 Å². The minimum atomic E-state index is 0.861. The molecule has 2 aromatic rings. The lowest BCUT2D eigenvalue weighted by Crippen LogP contribution is -2.13. The van der Waals surface area contributed by atoms with Crippen LogP contribution in [-0.2, 0) is 20.1 Å². The summed E-state index contributed by atoms with van der Waals surface area (Å²) in [4.78, 5) is 0. The van der Waals surface area contributed by atoms with Crippen LogP contribution in [0.4, 0.5) is 0 Å². The maximum Gasteiger partial charge on any atom is 0.0534 e. The maximum absolute atomic E-state index is 4.16. The third-order valence-corrected chi connectivity index (χ3v) is 3.36. The zero-order valence-electron chi connectivity index (χ0n) is 11.6. The second kappa shape index (κ2) is 5.36. The van der Waals surface area contributed by atoms with Crippen LogP contribution in [0.5, 0.6) is 0 Å². The van der Waals surface area contributed by atoms with E-state index in [1.807, 2.05) is 24.1 Å². The minimum Gasteiger partial charge on any atom is -0.308 e. The Bertz CT molecular complexity index is 541. The van der Waals surface area contributed by atoms with Crippen LogP contribution in [0.15, 0.2) is 24.5 Å². The number of hydrogen-bond donors (Lipinski definition) is 1. The summed E-state index contributed by atoms with van der Waals surface area (Å²) in [7, 11) is 1.94. The van der Waals surface area contributed by atoms with Crippen LogP contribution in [0.2, 0.25) is 0 Å². The van der Waals surface area contributed by atoms with Crippen LogP contribution >= 0.6 is 0 Å². The number of nitrogens with one attached hydrogen (secondary N) is 1. The molecule has 0 saturated heterocycles. The molecular weight excluding hydrogens is 222 g/mol. The summed E-state index contributed by atoms with van der Waals surface area (Å²) in [5.41, 5.74) is 6.68. The van der Waals surface area contributed by atoms with Crippen LogP contribution in [0.3, 0.4) is 0 Å². The van der Waals surface area contributed by atoms with Gasteiger partial charge in [0.15, 0.2) is 0 Å². The van der Waals surface area contributed by atoms with Gasteiger partial charge in [0, 0.05) is 31.9 Å². The summed E-state index contributed by atoms with van der Waals surface area (Å²) in [6.45, 7) is 8.27. The van der Waals surface area contributed by atoms with E-state index in [9.17, 15) is 0 Å². The van der Waals surface area contributed by atoms with E-state index in [0.29, 0.717) is 0 Å². The first kappa shape index (κ1) is 12.8. The molecule has 0 bridgehead atoms. The van der Waals surface area contributed by atoms with Gasteiger partial charge in [-0.3, -0.25) is 4.68 Å². The Morgan fingerprint density at radius 3 is 2.44 bits per heavy atom. The number of benzene rings is 1. The predicted molar refractivity (Wildman–Crippen MR) is 74.4 cm³/mol. The van der Waals surface area contributed by atoms with Gasteiger partial charge in [0.05, 0.1) is 6.20 Å². The van der Waals surface area contributed by atoms with E-state index in [0.717, 1.165) is 13.1 Å². The van der Waals surface area contributed by atoms with Crippen molar-refractivity contribution in [3.8, 4) is 0 Å². The molecular formula is C15H21N3. The first-order valence-electron chi connectivity index (χ1n) is 6.31. The molecule has 0 fully saturated rings. The lowest BCUT2D eigenvalue weighted by Gasteiger charge is -2.10. The predicted octanol–water partition coefficient (Wildman–Crippen LogP) is 2.64. The molecule has 96 valence electrons. The van der Waals surface area contributed by atoms with Crippen LogP contribution in [0.25, 0.3) is 0 Å². The lowest BCUT2D eigenvalue weighted by molar-refractivity contribution is 0.688. The van der Waals surface area contributed by atoms with Gasteiger partial charge in [0.25, 0.3) is 0 Å². The zero-order valence-corrected chi connectivity index (χ0v) is 11.6. The summed E-state index contributed by atoms with van der Waals surface area (Å²) in [6.07, 6.45) is 3.94. The highest BCUT2D eigenvalue weighted by molar-refractivity contribution is 5.36. The molecule has 1 aromatic carbocycles. The quantitative estimate of drug-likeness (QED) is 0.894. The number of aryl methyl sites for hydroxylation is 4. The molecule has 0 aliphatic carbocycles. The Balaban J connectivity index is 1.96. The van der Waals surface area contributed by atoms with Crippen molar-refractivity contribution in [1.82, 2.24) is 15.1 Å². The standard InChI is InChI=1S/C15H21N3/c1-11-5-13(3)15(6-12(11)2)9-16-7-14-8-17-18(4)10-14/h5-6,8,10,16H,7,9H2,1-4H3. The molecule has 1 N–H and O–H groups in total. The van der Waals surface area contributed by atoms with Crippen molar-refractivity contribution in [2.45, 2.75) is 33.9 Å². The smallest absolute Gasteiger partial charge is 0.0534 e. The SMILES string of the molecule is Cc1cc(C)c(CNCc2cnn(C)c2)cc1C. The fourth-order valence-electron chi connectivity index (χ4n) is 2.12. The van der Waals surface area contributed by atoms with Crippen LogP contribution < -0.4 is 5.32 Å². The molecule has 0 spiro atoms. The van der Waals surface area contributed by atoms with Crippen LogP contribution in [0, 0.1) is 20.8 Å². The third-order valence-electron chi connectivity index (χ3n) is 3.36. The molecule has 1 aromatic heterocycles. The van der Waals surface area contributed by atoms with E-state index in [1.54, 1.807) is 0 Å². The summed E-state index contributed by atoms with van der Waals surface area (Å²) in [6, 6.07) is 4.54. The summed E-state index contributed by atoms with van der Waals surface area (Å²) in [5, 5.41) is 7.63. The normalized spacial score (nSPS) is 10.9. The Labute approximate surface area is 109 Å². The van der Waals surface area contributed by atoms with Crippen molar-refractivity contribution in [1.29, 1.82) is 0 Å². The van der Waals surface area contributed by atoms with Crippen molar-refractivity contribution in [2.75, 3.05) is 0 Å². The number of hydrogen-bond acceptors (Lipinski definition) is 2. The van der Waals surface area contributed by atoms with Crippen molar-refractivity contribution in [3.63, 3.8) is 0 Å². The summed E-state index contributed by atoms with van der Waals surface area (Å²) >= 11 is 0. The Morgan fingerprint density at radius 1 is 1.06 bits per heavy atom. The molecule has 0 atom stereocenters. The molecule has 2 rings (SSSR count). The minimum absolute atomic E-state index is 0.861. The highest BCUT2D eigenvalue weighted by Gasteiger charge is 2.02. The monoisotopic (exact) mass is 243 g/mol. The van der Waals surface area contributed by atoms with E-state index in [-0.39, 0.29) is 0 Å². The topological polar surface area (TPSA) is 29.9 Å². The molecule has 0 aliphatic rings. The molecule has 0 radical (unpaired) electrons. The summed E-state index contributed by atoms with van der Waals surface area (Å²) < 4.78 is 1.83. The second-order valence-electron chi connectivity index (χ2n) is 4.99. The molecule has 3 heteroatoms. The van der Waals surface area contributed by atoms with Gasteiger partial charge in [0.1, 0.15) is 0 Å². The molecule has 1 heterocycles. The highest BCUT2D eigenvalue weighted by Crippen LogP contribution is 2.15. The van der Waals surface area contributed by atoms with Gasteiger partial charge in [-0.25, -0.2) is 0 Å². The molecule has 0 saturated carbocycles. The lowest BCUT2D eigenvalue weighted by atomic mass is 10.0. The Kier molecular flexibility index (Phi) is 3.82. The third kappa shape index (κ3) is 2.99. The highest BCUT2D eigenvalue weighted by atomic mass is 15.2. The summed E-state index contributed by atoms with van der Waals surface area (Å²) in [5.74, 6) is 0. The number of rotatable bonds is 4. The van der Waals surface area contributed by atoms with Gasteiger partial charge in [0.2, 0.25) is 0 Å². The second-order valence-corrected chi connectivity index (χ2v) is 4.99. The number of aromatic nitrogens is 2. The van der Waals surface area contributed by atoms with Crippen molar-refractivity contribution in [2.24, 2.45) is 7.05 Å². The van der Waals surface area contributed by atoms with Gasteiger partial charge < -0.3 is 5.32 Å². The molecule has 0 unspecified atom stereocenters. The zero-order chi connectivity index (χ0) is 13.1. The Hall–Kier alpha value is -1.61. The molecule has 18 heavy (non-hydrogen) atoms. The van der Waals surface area contributed by atoms with E-state index in [1.165, 1.54) is 27.8 Å². The van der Waals surface area contributed by atoms with E-state index >= 15 is 0 Å². The van der Waals surface area contributed by atoms with E-state index in [2.05, 4.69) is 43.3 Å². The average Bonchev–Trinajstić information content (AvgIpc) is 2.71. The first-order chi connectivity index (χ1) is 8.56. The van der Waals surface area contributed by atoms with Gasteiger partial charge in [-0.2, -0.15) is 5.10 Å². The first-order valence-corrected chi connectivity index (χ1v) is 6.31. The fraction of sp³-hybridized carbons (Fsp3) is 0.400. The van der Waals surface area contributed by atoms with E-state index in [4.69, 9.17) is 0 Å². The average molecular weight is 243 g/mol. The van der Waals surface area contributed by atoms with Gasteiger partial charge in [-0.1, -0.05) is 12.1 Å². The molecule has 0 aliphatic heterocycles. The van der Waals surface area contributed by atoms with Crippen molar-refractivity contribution in [3.05, 3.63) is 52.3 Å². The van der Waals surface area contributed by atoms with E-state index < -0.39 is 0 Å².